The van der Waals surface area contributed by atoms with E-state index < -0.39 is 0 Å². The van der Waals surface area contributed by atoms with Crippen LogP contribution in [0.5, 0.6) is 0 Å². The average molecular weight is 448 g/mol. The van der Waals surface area contributed by atoms with Crippen molar-refractivity contribution in [1.82, 2.24) is 15.5 Å². The van der Waals surface area contributed by atoms with Gasteiger partial charge in [-0.15, -0.1) is 24.0 Å². The normalized spacial score (nSPS) is 12.6. The summed E-state index contributed by atoms with van der Waals surface area (Å²) in [5.74, 6) is 0.878. The molecule has 0 aliphatic carbocycles. The third-order valence-electron chi connectivity index (χ3n) is 3.67. The van der Waals surface area contributed by atoms with Gasteiger partial charge in [-0.1, -0.05) is 30.3 Å². The van der Waals surface area contributed by atoms with Crippen molar-refractivity contribution < 1.29 is 4.74 Å². The molecule has 138 valence electrons. The number of hydrogen-bond donors (Lipinski definition) is 2. The van der Waals surface area contributed by atoms with Gasteiger partial charge in [0.1, 0.15) is 0 Å². The Kier molecular flexibility index (Phi) is 14.0. The number of halogens is 1. The minimum atomic E-state index is 0. The Labute approximate surface area is 164 Å². The van der Waals surface area contributed by atoms with Crippen molar-refractivity contribution in [3.63, 3.8) is 0 Å². The maximum atomic E-state index is 5.07. The number of guanidine groups is 1. The standard InChI is InChI=1S/C18H32N4O.HI/c1-5-19-18(20-12-9-13-23-4)21-15-17(22(2)3)14-16-10-7-6-8-11-16;/h6-8,10-11,17H,5,9,12-15H2,1-4H3,(H2,19,20,21);1H. The lowest BCUT2D eigenvalue weighted by molar-refractivity contribution is 0.195. The summed E-state index contributed by atoms with van der Waals surface area (Å²) in [6.45, 7) is 5.34. The zero-order valence-corrected chi connectivity index (χ0v) is 17.7. The Morgan fingerprint density at radius 3 is 2.50 bits per heavy atom. The van der Waals surface area contributed by atoms with E-state index in [4.69, 9.17) is 9.73 Å². The van der Waals surface area contributed by atoms with Crippen molar-refractivity contribution in [2.45, 2.75) is 25.8 Å². The van der Waals surface area contributed by atoms with Crippen molar-refractivity contribution in [3.8, 4) is 0 Å². The first-order valence-electron chi connectivity index (χ1n) is 8.38. The molecule has 24 heavy (non-hydrogen) atoms. The van der Waals surface area contributed by atoms with Gasteiger partial charge in [-0.3, -0.25) is 4.99 Å². The molecule has 0 aliphatic rings. The molecule has 2 N–H and O–H groups in total. The van der Waals surface area contributed by atoms with Crippen LogP contribution >= 0.6 is 24.0 Å². The topological polar surface area (TPSA) is 48.9 Å². The second kappa shape index (κ2) is 14.5. The molecule has 5 nitrogen and oxygen atoms in total. The second-order valence-corrected chi connectivity index (χ2v) is 5.80. The van der Waals surface area contributed by atoms with E-state index >= 15 is 0 Å². The number of hydrogen-bond acceptors (Lipinski definition) is 3. The van der Waals surface area contributed by atoms with Crippen molar-refractivity contribution >= 4 is 29.9 Å². The first kappa shape index (κ1) is 23.1. The maximum Gasteiger partial charge on any atom is 0.191 e. The molecule has 1 atom stereocenters. The van der Waals surface area contributed by atoms with Crippen LogP contribution in [0.15, 0.2) is 35.3 Å². The number of benzene rings is 1. The number of nitrogens with zero attached hydrogens (tertiary/aromatic N) is 2. The molecule has 1 unspecified atom stereocenters. The zero-order valence-electron chi connectivity index (χ0n) is 15.4. The van der Waals surface area contributed by atoms with E-state index in [-0.39, 0.29) is 24.0 Å². The van der Waals surface area contributed by atoms with Gasteiger partial charge in [0.25, 0.3) is 0 Å². The van der Waals surface area contributed by atoms with Gasteiger partial charge >= 0.3 is 0 Å². The fourth-order valence-corrected chi connectivity index (χ4v) is 2.26. The lowest BCUT2D eigenvalue weighted by atomic mass is 10.1. The van der Waals surface area contributed by atoms with Crippen LogP contribution in [0.3, 0.4) is 0 Å². The second-order valence-electron chi connectivity index (χ2n) is 5.80. The first-order valence-corrected chi connectivity index (χ1v) is 8.38. The maximum absolute atomic E-state index is 5.07. The Bertz CT molecular complexity index is 440. The predicted octanol–water partition coefficient (Wildman–Crippen LogP) is 2.37. The summed E-state index contributed by atoms with van der Waals surface area (Å²) >= 11 is 0. The van der Waals surface area contributed by atoms with Gasteiger partial charge in [-0.25, -0.2) is 0 Å². The fourth-order valence-electron chi connectivity index (χ4n) is 2.26. The van der Waals surface area contributed by atoms with E-state index in [1.54, 1.807) is 7.11 Å². The molecule has 0 saturated carbocycles. The Morgan fingerprint density at radius 2 is 1.92 bits per heavy atom. The van der Waals surface area contributed by atoms with Gasteiger partial charge < -0.3 is 20.3 Å². The molecule has 0 amide bonds. The molecular formula is C18H33IN4O. The summed E-state index contributed by atoms with van der Waals surface area (Å²) in [6, 6.07) is 11.0. The van der Waals surface area contributed by atoms with Crippen LogP contribution < -0.4 is 10.6 Å². The number of methoxy groups -OCH3 is 1. The molecule has 1 rings (SSSR count). The van der Waals surface area contributed by atoms with E-state index in [9.17, 15) is 0 Å². The van der Waals surface area contributed by atoms with Gasteiger partial charge in [0.05, 0.1) is 6.54 Å². The lowest BCUT2D eigenvalue weighted by Crippen LogP contribution is -2.40. The van der Waals surface area contributed by atoms with Gasteiger partial charge in [-0.2, -0.15) is 0 Å². The van der Waals surface area contributed by atoms with Crippen LogP contribution in [0, 0.1) is 0 Å². The quantitative estimate of drug-likeness (QED) is 0.250. The zero-order chi connectivity index (χ0) is 16.9. The van der Waals surface area contributed by atoms with Crippen LogP contribution in [0.1, 0.15) is 18.9 Å². The number of likely N-dealkylation sites (N-methyl/N-ethyl adjacent to an activating group) is 1. The smallest absolute Gasteiger partial charge is 0.191 e. The molecule has 0 radical (unpaired) electrons. The van der Waals surface area contributed by atoms with Gasteiger partial charge in [0.2, 0.25) is 0 Å². The highest BCUT2D eigenvalue weighted by Crippen LogP contribution is 2.07. The van der Waals surface area contributed by atoms with Crippen LogP contribution in [-0.4, -0.2) is 64.3 Å². The van der Waals surface area contributed by atoms with Crippen molar-refractivity contribution in [2.24, 2.45) is 4.99 Å². The summed E-state index contributed by atoms with van der Waals surface area (Å²) in [4.78, 5) is 6.98. The third kappa shape index (κ3) is 10.1. The molecular weight excluding hydrogens is 415 g/mol. The molecule has 0 bridgehead atoms. The van der Waals surface area contributed by atoms with E-state index in [1.165, 1.54) is 5.56 Å². The number of aliphatic imine (C=N–C) groups is 1. The van der Waals surface area contributed by atoms with Gasteiger partial charge in [0, 0.05) is 32.8 Å². The van der Waals surface area contributed by atoms with E-state index in [0.717, 1.165) is 45.0 Å². The summed E-state index contributed by atoms with van der Waals surface area (Å²) in [6.07, 6.45) is 1.97. The van der Waals surface area contributed by atoms with Crippen LogP contribution in [0.2, 0.25) is 0 Å². The molecule has 0 aliphatic heterocycles. The van der Waals surface area contributed by atoms with Crippen LogP contribution in [0.25, 0.3) is 0 Å². The summed E-state index contributed by atoms with van der Waals surface area (Å²) < 4.78 is 5.07. The molecule has 6 heteroatoms. The number of nitrogens with one attached hydrogen (secondary N) is 2. The van der Waals surface area contributed by atoms with E-state index in [2.05, 4.69) is 66.9 Å². The predicted molar refractivity (Wildman–Crippen MR) is 114 cm³/mol. The first-order chi connectivity index (χ1) is 11.2. The molecule has 0 heterocycles. The van der Waals surface area contributed by atoms with Gasteiger partial charge in [0.15, 0.2) is 5.96 Å². The Balaban J connectivity index is 0.00000529. The molecule has 1 aromatic carbocycles. The monoisotopic (exact) mass is 448 g/mol. The van der Waals surface area contributed by atoms with Crippen molar-refractivity contribution in [2.75, 3.05) is 47.4 Å². The van der Waals surface area contributed by atoms with Gasteiger partial charge in [-0.05, 0) is 39.4 Å². The summed E-state index contributed by atoms with van der Waals surface area (Å²) in [5.41, 5.74) is 1.35. The van der Waals surface area contributed by atoms with E-state index in [1.807, 2.05) is 0 Å². The number of ether oxygens (including phenoxy) is 1. The average Bonchev–Trinajstić information content (AvgIpc) is 2.55. The van der Waals surface area contributed by atoms with Crippen molar-refractivity contribution in [3.05, 3.63) is 35.9 Å². The third-order valence-corrected chi connectivity index (χ3v) is 3.67. The highest BCUT2D eigenvalue weighted by atomic mass is 127. The minimum absolute atomic E-state index is 0. The Hall–Kier alpha value is -0.860. The largest absolute Gasteiger partial charge is 0.385 e. The highest BCUT2D eigenvalue weighted by Gasteiger charge is 2.12. The molecule has 0 spiro atoms. The van der Waals surface area contributed by atoms with Crippen molar-refractivity contribution in [1.29, 1.82) is 0 Å². The highest BCUT2D eigenvalue weighted by molar-refractivity contribution is 14.0. The Morgan fingerprint density at radius 1 is 1.21 bits per heavy atom. The summed E-state index contributed by atoms with van der Waals surface area (Å²) in [7, 11) is 5.95. The SMILES string of the molecule is CCNC(=NCC(Cc1ccccc1)N(C)C)NCCCOC.I. The van der Waals surface area contributed by atoms with Crippen LogP contribution in [0.4, 0.5) is 0 Å². The van der Waals surface area contributed by atoms with E-state index in [0.29, 0.717) is 6.04 Å². The lowest BCUT2D eigenvalue weighted by Gasteiger charge is -2.23. The molecule has 0 saturated heterocycles. The molecule has 1 aromatic rings. The molecule has 0 fully saturated rings. The molecule has 0 aromatic heterocycles. The fraction of sp³-hybridized carbons (Fsp3) is 0.611. The number of rotatable bonds is 10. The van der Waals surface area contributed by atoms with Crippen LogP contribution in [-0.2, 0) is 11.2 Å². The summed E-state index contributed by atoms with van der Waals surface area (Å²) in [5, 5.41) is 6.65. The minimum Gasteiger partial charge on any atom is -0.385 e.